The van der Waals surface area contributed by atoms with E-state index in [1.165, 1.54) is 30.6 Å². The zero-order valence-corrected chi connectivity index (χ0v) is 18.3. The van der Waals surface area contributed by atoms with Gasteiger partial charge in [-0.3, -0.25) is 4.79 Å². The summed E-state index contributed by atoms with van der Waals surface area (Å²) in [6.07, 6.45) is 7.15. The number of fused-ring (bicyclic) bond motifs is 1. The number of hydrogen-bond acceptors (Lipinski definition) is 5. The number of carboxylic acids is 1. The Kier molecular flexibility index (Phi) is 6.58. The minimum atomic E-state index is -1.05. The zero-order chi connectivity index (χ0) is 21.1. The fourth-order valence-corrected chi connectivity index (χ4v) is 5.67. The van der Waals surface area contributed by atoms with E-state index in [1.54, 1.807) is 23.7 Å². The van der Waals surface area contributed by atoms with Gasteiger partial charge in [0.05, 0.1) is 22.1 Å². The first-order chi connectivity index (χ1) is 14.5. The van der Waals surface area contributed by atoms with Crippen molar-refractivity contribution in [2.24, 2.45) is 5.92 Å². The minimum absolute atomic E-state index is 0.134. The Morgan fingerprint density at radius 3 is 2.83 bits per heavy atom. The number of carboxylic acid groups (broad SMARTS) is 1. The highest BCUT2D eigenvalue weighted by atomic mass is 35.5. The molecule has 1 amide bonds. The molecule has 2 heterocycles. The Balaban J connectivity index is 1.68. The summed E-state index contributed by atoms with van der Waals surface area (Å²) in [5.74, 6) is -0.0428. The summed E-state index contributed by atoms with van der Waals surface area (Å²) in [6, 6.07) is 4.77. The number of aliphatic carboxylic acids is 1. The SMILES string of the molecule is O=C(O)COc1ccc(Cl)cc1C1c2scnc2CCN1C(=O)CC1CCCCC1. The maximum Gasteiger partial charge on any atom is 0.341 e. The number of halogens is 1. The standard InChI is InChI=1S/C22H25ClN2O4S/c23-15-6-7-18(29-12-20(27)28)16(11-15)21-22-17(24-13-30-22)8-9-25(21)19(26)10-14-4-2-1-3-5-14/h6-7,11,13-14,21H,1-5,8-10,12H2,(H,27,28). The number of aromatic nitrogens is 1. The molecule has 30 heavy (non-hydrogen) atoms. The van der Waals surface area contributed by atoms with Gasteiger partial charge in [0.15, 0.2) is 6.61 Å². The van der Waals surface area contributed by atoms with Gasteiger partial charge in [0.2, 0.25) is 5.91 Å². The van der Waals surface area contributed by atoms with Gasteiger partial charge < -0.3 is 14.7 Å². The Hall–Kier alpha value is -2.12. The summed E-state index contributed by atoms with van der Waals surface area (Å²) in [4.78, 5) is 31.8. The van der Waals surface area contributed by atoms with Crippen LogP contribution < -0.4 is 4.74 Å². The van der Waals surface area contributed by atoms with Crippen molar-refractivity contribution in [3.05, 3.63) is 44.9 Å². The number of carbonyl (C=O) groups excluding carboxylic acids is 1. The maximum absolute atomic E-state index is 13.4. The topological polar surface area (TPSA) is 79.7 Å². The van der Waals surface area contributed by atoms with Crippen LogP contribution in [0.2, 0.25) is 5.02 Å². The van der Waals surface area contributed by atoms with Crippen LogP contribution in [0.5, 0.6) is 5.75 Å². The molecular weight excluding hydrogens is 424 g/mol. The molecule has 8 heteroatoms. The van der Waals surface area contributed by atoms with Crippen LogP contribution in [-0.4, -0.2) is 40.0 Å². The molecule has 1 N–H and O–H groups in total. The number of hydrogen-bond donors (Lipinski definition) is 1. The van der Waals surface area contributed by atoms with Crippen molar-refractivity contribution in [3.63, 3.8) is 0 Å². The molecule has 2 aromatic rings. The van der Waals surface area contributed by atoms with E-state index in [9.17, 15) is 9.59 Å². The van der Waals surface area contributed by atoms with Gasteiger partial charge in [-0.25, -0.2) is 9.78 Å². The van der Waals surface area contributed by atoms with Crippen LogP contribution in [0.1, 0.15) is 60.7 Å². The summed E-state index contributed by atoms with van der Waals surface area (Å²) in [5, 5.41) is 9.57. The molecule has 1 aliphatic carbocycles. The number of benzene rings is 1. The molecule has 160 valence electrons. The molecule has 1 fully saturated rings. The predicted octanol–water partition coefficient (Wildman–Crippen LogP) is 4.70. The molecule has 1 unspecified atom stereocenters. The number of carbonyl (C=O) groups is 2. The van der Waals surface area contributed by atoms with Gasteiger partial charge in [-0.05, 0) is 37.0 Å². The molecular formula is C22H25ClN2O4S. The van der Waals surface area contributed by atoms with Gasteiger partial charge in [0.25, 0.3) is 0 Å². The van der Waals surface area contributed by atoms with Gasteiger partial charge >= 0.3 is 5.97 Å². The first-order valence-electron chi connectivity index (χ1n) is 10.4. The van der Waals surface area contributed by atoms with Crippen LogP contribution in [0.3, 0.4) is 0 Å². The fraction of sp³-hybridized carbons (Fsp3) is 0.500. The van der Waals surface area contributed by atoms with Crippen molar-refractivity contribution in [2.45, 2.75) is 51.0 Å². The van der Waals surface area contributed by atoms with Gasteiger partial charge in [0, 0.05) is 30.0 Å². The fourth-order valence-electron chi connectivity index (χ4n) is 4.52. The van der Waals surface area contributed by atoms with Crippen LogP contribution in [0.25, 0.3) is 0 Å². The summed E-state index contributed by atoms with van der Waals surface area (Å²) >= 11 is 7.81. The van der Waals surface area contributed by atoms with Crippen LogP contribution in [0, 0.1) is 5.92 Å². The lowest BCUT2D eigenvalue weighted by molar-refractivity contribution is -0.139. The molecule has 0 bridgehead atoms. The van der Waals surface area contributed by atoms with Crippen molar-refractivity contribution < 1.29 is 19.4 Å². The first-order valence-corrected chi connectivity index (χ1v) is 11.6. The number of rotatable bonds is 6. The average molecular weight is 449 g/mol. The highest BCUT2D eigenvalue weighted by molar-refractivity contribution is 7.09. The monoisotopic (exact) mass is 448 g/mol. The van der Waals surface area contributed by atoms with Crippen LogP contribution in [0.15, 0.2) is 23.7 Å². The Bertz CT molecular complexity index is 926. The maximum atomic E-state index is 13.4. The van der Waals surface area contributed by atoms with E-state index in [4.69, 9.17) is 21.4 Å². The van der Waals surface area contributed by atoms with Crippen LogP contribution >= 0.6 is 22.9 Å². The molecule has 6 nitrogen and oxygen atoms in total. The highest BCUT2D eigenvalue weighted by Crippen LogP contribution is 2.42. The second-order valence-electron chi connectivity index (χ2n) is 7.98. The third-order valence-electron chi connectivity index (χ3n) is 5.95. The Morgan fingerprint density at radius 2 is 2.07 bits per heavy atom. The quantitative estimate of drug-likeness (QED) is 0.692. The molecule has 1 aromatic heterocycles. The van der Waals surface area contributed by atoms with Gasteiger partial charge in [0.1, 0.15) is 5.75 Å². The number of amides is 1. The van der Waals surface area contributed by atoms with E-state index in [1.807, 2.05) is 4.90 Å². The lowest BCUT2D eigenvalue weighted by Gasteiger charge is -2.37. The van der Waals surface area contributed by atoms with Crippen LogP contribution in [-0.2, 0) is 16.0 Å². The summed E-state index contributed by atoms with van der Waals surface area (Å²) < 4.78 is 5.56. The lowest BCUT2D eigenvalue weighted by Crippen LogP contribution is -2.41. The van der Waals surface area contributed by atoms with Crippen molar-refractivity contribution in [2.75, 3.05) is 13.2 Å². The average Bonchev–Trinajstić information content (AvgIpc) is 3.21. The Labute approximate surface area is 184 Å². The van der Waals surface area contributed by atoms with Crippen LogP contribution in [0.4, 0.5) is 0 Å². The predicted molar refractivity (Wildman–Crippen MR) is 115 cm³/mol. The van der Waals surface area contributed by atoms with Crippen molar-refractivity contribution in [1.82, 2.24) is 9.88 Å². The van der Waals surface area contributed by atoms with E-state index in [0.29, 0.717) is 35.2 Å². The van der Waals surface area contributed by atoms with E-state index in [2.05, 4.69) is 4.98 Å². The smallest absolute Gasteiger partial charge is 0.341 e. The molecule has 1 atom stereocenters. The molecule has 2 aliphatic rings. The Morgan fingerprint density at radius 1 is 1.27 bits per heavy atom. The molecule has 1 aliphatic heterocycles. The number of ether oxygens (including phenoxy) is 1. The molecule has 4 rings (SSSR count). The van der Waals surface area contributed by atoms with Gasteiger partial charge in [-0.1, -0.05) is 30.9 Å². The van der Waals surface area contributed by atoms with E-state index in [0.717, 1.165) is 29.8 Å². The largest absolute Gasteiger partial charge is 0.482 e. The summed E-state index contributed by atoms with van der Waals surface area (Å²) in [6.45, 7) is 0.130. The summed E-state index contributed by atoms with van der Waals surface area (Å²) in [5.41, 5.74) is 3.50. The third-order valence-corrected chi connectivity index (χ3v) is 7.11. The zero-order valence-electron chi connectivity index (χ0n) is 16.7. The summed E-state index contributed by atoms with van der Waals surface area (Å²) in [7, 11) is 0. The van der Waals surface area contributed by atoms with Gasteiger partial charge in [-0.15, -0.1) is 11.3 Å². The van der Waals surface area contributed by atoms with E-state index < -0.39 is 12.6 Å². The van der Waals surface area contributed by atoms with E-state index in [-0.39, 0.29) is 11.9 Å². The lowest BCUT2D eigenvalue weighted by atomic mass is 9.86. The van der Waals surface area contributed by atoms with Crippen molar-refractivity contribution in [1.29, 1.82) is 0 Å². The first kappa shape index (κ1) is 21.1. The van der Waals surface area contributed by atoms with E-state index >= 15 is 0 Å². The van der Waals surface area contributed by atoms with Gasteiger partial charge in [-0.2, -0.15) is 0 Å². The molecule has 1 saturated carbocycles. The number of thiazole rings is 1. The second-order valence-corrected chi connectivity index (χ2v) is 9.30. The third kappa shape index (κ3) is 4.62. The normalized spacial score (nSPS) is 19.4. The highest BCUT2D eigenvalue weighted by Gasteiger charge is 2.36. The molecule has 0 spiro atoms. The molecule has 0 radical (unpaired) electrons. The second kappa shape index (κ2) is 9.35. The van der Waals surface area contributed by atoms with Crippen molar-refractivity contribution in [3.8, 4) is 5.75 Å². The van der Waals surface area contributed by atoms with Crippen molar-refractivity contribution >= 4 is 34.8 Å². The number of nitrogens with zero attached hydrogens (tertiary/aromatic N) is 2. The molecule has 1 aromatic carbocycles. The minimum Gasteiger partial charge on any atom is -0.482 e. The molecule has 0 saturated heterocycles.